The summed E-state index contributed by atoms with van der Waals surface area (Å²) in [5.74, 6) is -0.863. The van der Waals surface area contributed by atoms with Gasteiger partial charge >= 0.3 is 5.97 Å². The van der Waals surface area contributed by atoms with Crippen LogP contribution in [0, 0.1) is 13.8 Å². The number of benzene rings is 2. The van der Waals surface area contributed by atoms with E-state index >= 15 is 0 Å². The molecule has 4 heteroatoms. The summed E-state index contributed by atoms with van der Waals surface area (Å²) in [6.45, 7) is 3.94. The van der Waals surface area contributed by atoms with Gasteiger partial charge in [0.05, 0.1) is 10.0 Å². The zero-order valence-corrected chi connectivity index (χ0v) is 13.3. The molecule has 0 amide bonds. The summed E-state index contributed by atoms with van der Waals surface area (Å²) < 4.78 is 0.529. The number of hydrogen-bond donors (Lipinski definition) is 2. The first-order valence-corrected chi connectivity index (χ1v) is 7.19. The second-order valence-electron chi connectivity index (χ2n) is 4.87. The Kier molecular flexibility index (Phi) is 4.48. The van der Waals surface area contributed by atoms with E-state index in [1.54, 1.807) is 24.3 Å². The van der Waals surface area contributed by atoms with Crippen molar-refractivity contribution in [3.05, 3.63) is 63.1 Å². The quantitative estimate of drug-likeness (QED) is 0.639. The molecule has 3 nitrogen and oxygen atoms in total. The lowest BCUT2D eigenvalue weighted by atomic mass is 9.99. The number of aromatic hydroxyl groups is 1. The number of rotatable bonds is 3. The highest BCUT2D eigenvalue weighted by molar-refractivity contribution is 9.10. The molecule has 108 valence electrons. The van der Waals surface area contributed by atoms with Gasteiger partial charge in [-0.25, -0.2) is 4.79 Å². The number of phenols is 1. The molecular formula is C17H15BrO3. The van der Waals surface area contributed by atoms with E-state index in [1.165, 1.54) is 6.07 Å². The van der Waals surface area contributed by atoms with Crippen molar-refractivity contribution in [2.45, 2.75) is 13.8 Å². The number of phenolic OH excluding ortho intramolecular Hbond substituents is 1. The van der Waals surface area contributed by atoms with Crippen molar-refractivity contribution in [3.8, 4) is 5.75 Å². The average Bonchev–Trinajstić information content (AvgIpc) is 2.43. The Morgan fingerprint density at radius 3 is 2.38 bits per heavy atom. The highest BCUT2D eigenvalue weighted by atomic mass is 79.9. The van der Waals surface area contributed by atoms with Gasteiger partial charge in [0.15, 0.2) is 0 Å². The van der Waals surface area contributed by atoms with Crippen LogP contribution in [0.4, 0.5) is 0 Å². The Morgan fingerprint density at radius 1 is 1.10 bits per heavy atom. The molecule has 0 aromatic heterocycles. The molecule has 0 aliphatic rings. The molecule has 2 rings (SSSR count). The molecule has 0 fully saturated rings. The highest BCUT2D eigenvalue weighted by Gasteiger charge is 2.11. The van der Waals surface area contributed by atoms with Crippen LogP contribution in [0.2, 0.25) is 0 Å². The van der Waals surface area contributed by atoms with E-state index in [2.05, 4.69) is 15.9 Å². The molecule has 2 aromatic carbocycles. The van der Waals surface area contributed by atoms with Crippen LogP contribution in [0.1, 0.15) is 22.3 Å². The van der Waals surface area contributed by atoms with Gasteiger partial charge in [0.1, 0.15) is 5.75 Å². The molecule has 0 heterocycles. The Balaban J connectivity index is 2.51. The van der Waals surface area contributed by atoms with Crippen LogP contribution in [0.3, 0.4) is 0 Å². The van der Waals surface area contributed by atoms with E-state index in [4.69, 9.17) is 0 Å². The fraction of sp³-hybridized carbons (Fsp3) is 0.118. The van der Waals surface area contributed by atoms with Gasteiger partial charge < -0.3 is 10.2 Å². The minimum atomic E-state index is -0.984. The third-order valence-corrected chi connectivity index (χ3v) is 3.97. The average molecular weight is 347 g/mol. The van der Waals surface area contributed by atoms with Gasteiger partial charge in [0.25, 0.3) is 0 Å². The maximum atomic E-state index is 11.5. The second-order valence-corrected chi connectivity index (χ2v) is 5.73. The molecular weight excluding hydrogens is 332 g/mol. The van der Waals surface area contributed by atoms with Crippen molar-refractivity contribution in [2.75, 3.05) is 0 Å². The third kappa shape index (κ3) is 3.52. The number of aryl methyl sites for hydroxylation is 2. The highest BCUT2D eigenvalue weighted by Crippen LogP contribution is 2.27. The molecule has 2 N–H and O–H groups in total. The zero-order chi connectivity index (χ0) is 15.6. The first kappa shape index (κ1) is 15.3. The largest absolute Gasteiger partial charge is 0.507 e. The molecule has 0 saturated heterocycles. The monoisotopic (exact) mass is 346 g/mol. The van der Waals surface area contributed by atoms with Gasteiger partial charge in [-0.3, -0.25) is 0 Å². The van der Waals surface area contributed by atoms with E-state index in [0.29, 0.717) is 15.6 Å². The van der Waals surface area contributed by atoms with E-state index in [0.717, 1.165) is 11.1 Å². The molecule has 2 aromatic rings. The predicted octanol–water partition coefficient (Wildman–Crippen LogP) is 4.40. The Labute approximate surface area is 131 Å². The minimum absolute atomic E-state index is 0.121. The van der Waals surface area contributed by atoms with Crippen molar-refractivity contribution in [1.29, 1.82) is 0 Å². The van der Waals surface area contributed by atoms with Crippen molar-refractivity contribution in [3.63, 3.8) is 0 Å². The summed E-state index contributed by atoms with van der Waals surface area (Å²) in [4.78, 5) is 11.5. The van der Waals surface area contributed by atoms with Crippen LogP contribution in [0.5, 0.6) is 5.75 Å². The first-order valence-electron chi connectivity index (χ1n) is 6.39. The normalized spacial score (nSPS) is 11.5. The second kappa shape index (κ2) is 6.14. The lowest BCUT2D eigenvalue weighted by molar-refractivity contribution is -0.130. The zero-order valence-electron chi connectivity index (χ0n) is 11.7. The third-order valence-electron chi connectivity index (χ3n) is 3.33. The van der Waals surface area contributed by atoms with Crippen molar-refractivity contribution >= 4 is 33.5 Å². The van der Waals surface area contributed by atoms with Crippen LogP contribution in [-0.4, -0.2) is 16.2 Å². The van der Waals surface area contributed by atoms with Crippen LogP contribution < -0.4 is 0 Å². The van der Waals surface area contributed by atoms with Gasteiger partial charge in [-0.1, -0.05) is 24.3 Å². The van der Waals surface area contributed by atoms with Gasteiger partial charge in [0.2, 0.25) is 0 Å². The van der Waals surface area contributed by atoms with Gasteiger partial charge in [-0.2, -0.15) is 0 Å². The van der Waals surface area contributed by atoms with Crippen LogP contribution in [0.15, 0.2) is 40.9 Å². The summed E-state index contributed by atoms with van der Waals surface area (Å²) in [6, 6.07) is 10.5. The Morgan fingerprint density at radius 2 is 1.81 bits per heavy atom. The lowest BCUT2D eigenvalue weighted by Crippen LogP contribution is -2.00. The number of hydrogen-bond acceptors (Lipinski definition) is 2. The molecule has 0 atom stereocenters. The van der Waals surface area contributed by atoms with E-state index in [-0.39, 0.29) is 11.3 Å². The Bertz CT molecular complexity index is 733. The molecule has 0 aliphatic carbocycles. The number of carboxylic acids is 1. The van der Waals surface area contributed by atoms with E-state index in [1.807, 2.05) is 26.0 Å². The Hall–Kier alpha value is -2.07. The molecule has 0 bridgehead atoms. The molecule has 0 aliphatic heterocycles. The number of carboxylic acid groups (broad SMARTS) is 1. The standard InChI is InChI=1S/C17H15BrO3/c1-10-3-5-13(7-11(10)2)14(17(20)21)8-12-4-6-16(19)15(18)9-12/h3-9,19H,1-2H3,(H,20,21)/b14-8-. The van der Waals surface area contributed by atoms with Gasteiger partial charge in [0, 0.05) is 0 Å². The van der Waals surface area contributed by atoms with E-state index < -0.39 is 5.97 Å². The fourth-order valence-electron chi connectivity index (χ4n) is 1.96. The summed E-state index contributed by atoms with van der Waals surface area (Å²) in [5, 5.41) is 18.9. The lowest BCUT2D eigenvalue weighted by Gasteiger charge is -2.07. The first-order chi connectivity index (χ1) is 9.88. The molecule has 21 heavy (non-hydrogen) atoms. The fourth-order valence-corrected chi connectivity index (χ4v) is 2.35. The number of halogens is 1. The number of carbonyl (C=O) groups is 1. The smallest absolute Gasteiger partial charge is 0.336 e. The predicted molar refractivity (Wildman–Crippen MR) is 87.2 cm³/mol. The summed E-state index contributed by atoms with van der Waals surface area (Å²) in [5.41, 5.74) is 3.75. The summed E-state index contributed by atoms with van der Waals surface area (Å²) in [6.07, 6.45) is 1.59. The maximum Gasteiger partial charge on any atom is 0.336 e. The molecule has 0 spiro atoms. The van der Waals surface area contributed by atoms with E-state index in [9.17, 15) is 15.0 Å². The molecule has 0 saturated carbocycles. The SMILES string of the molecule is Cc1ccc(/C(=C/c2ccc(O)c(Br)c2)C(=O)O)cc1C. The maximum absolute atomic E-state index is 11.5. The minimum Gasteiger partial charge on any atom is -0.507 e. The van der Waals surface area contributed by atoms with Crippen molar-refractivity contribution < 1.29 is 15.0 Å². The summed E-state index contributed by atoms with van der Waals surface area (Å²) >= 11 is 3.22. The van der Waals surface area contributed by atoms with Crippen molar-refractivity contribution in [1.82, 2.24) is 0 Å². The molecule has 0 unspecified atom stereocenters. The topological polar surface area (TPSA) is 57.5 Å². The summed E-state index contributed by atoms with van der Waals surface area (Å²) in [7, 11) is 0. The van der Waals surface area contributed by atoms with Gasteiger partial charge in [-0.05, 0) is 70.2 Å². The van der Waals surface area contributed by atoms with Gasteiger partial charge in [-0.15, -0.1) is 0 Å². The van der Waals surface area contributed by atoms with Crippen LogP contribution in [0.25, 0.3) is 11.6 Å². The van der Waals surface area contributed by atoms with Crippen LogP contribution >= 0.6 is 15.9 Å². The molecule has 0 radical (unpaired) electrons. The van der Waals surface area contributed by atoms with Crippen molar-refractivity contribution in [2.24, 2.45) is 0 Å². The van der Waals surface area contributed by atoms with Crippen LogP contribution in [-0.2, 0) is 4.79 Å². The number of aliphatic carboxylic acids is 1.